The molecule has 5 nitrogen and oxygen atoms in total. The number of amides is 2. The molecule has 5 heteroatoms. The Morgan fingerprint density at radius 1 is 1.32 bits per heavy atom. The van der Waals surface area contributed by atoms with Crippen LogP contribution in [0.2, 0.25) is 0 Å². The standard InChI is InChI=1S/C14H20N2O3/c1-9-7-10(2)12(19-4)11(8-9)5-6-16(3)14(18)13(15)17/h7-8H,5-6H2,1-4H3,(H2,15,17). The Bertz CT molecular complexity index is 498. The summed E-state index contributed by atoms with van der Waals surface area (Å²) >= 11 is 0. The monoisotopic (exact) mass is 264 g/mol. The number of benzene rings is 1. The van der Waals surface area contributed by atoms with Crippen LogP contribution in [0.3, 0.4) is 0 Å². The smallest absolute Gasteiger partial charge is 0.311 e. The minimum atomic E-state index is -0.935. The van der Waals surface area contributed by atoms with Crippen LogP contribution in [0.1, 0.15) is 16.7 Å². The minimum absolute atomic E-state index is 0.418. The number of rotatable bonds is 4. The number of methoxy groups -OCH3 is 1. The first kappa shape index (κ1) is 15.0. The van der Waals surface area contributed by atoms with Gasteiger partial charge in [-0.1, -0.05) is 17.7 Å². The van der Waals surface area contributed by atoms with Crippen molar-refractivity contribution in [2.24, 2.45) is 5.73 Å². The Morgan fingerprint density at radius 3 is 2.47 bits per heavy atom. The van der Waals surface area contributed by atoms with Crippen LogP contribution in [0.15, 0.2) is 12.1 Å². The summed E-state index contributed by atoms with van der Waals surface area (Å²) in [4.78, 5) is 23.5. The summed E-state index contributed by atoms with van der Waals surface area (Å²) in [7, 11) is 3.18. The van der Waals surface area contributed by atoms with E-state index in [-0.39, 0.29) is 0 Å². The van der Waals surface area contributed by atoms with Gasteiger partial charge in [-0.15, -0.1) is 0 Å². The van der Waals surface area contributed by atoms with Gasteiger partial charge in [-0.05, 0) is 31.4 Å². The van der Waals surface area contributed by atoms with Crippen molar-refractivity contribution in [3.63, 3.8) is 0 Å². The van der Waals surface area contributed by atoms with Gasteiger partial charge < -0.3 is 15.4 Å². The van der Waals surface area contributed by atoms with Gasteiger partial charge in [0.2, 0.25) is 0 Å². The number of likely N-dealkylation sites (N-methyl/N-ethyl adjacent to an activating group) is 1. The van der Waals surface area contributed by atoms with Crippen LogP contribution in [-0.4, -0.2) is 37.4 Å². The van der Waals surface area contributed by atoms with Gasteiger partial charge in [0.1, 0.15) is 5.75 Å². The molecule has 0 aliphatic heterocycles. The average molecular weight is 264 g/mol. The molecule has 0 spiro atoms. The lowest BCUT2D eigenvalue weighted by atomic mass is 10.0. The van der Waals surface area contributed by atoms with E-state index in [1.165, 1.54) is 4.90 Å². The summed E-state index contributed by atoms with van der Waals surface area (Å²) in [6.45, 7) is 4.41. The third-order valence-electron chi connectivity index (χ3n) is 2.97. The maximum absolute atomic E-state index is 11.4. The molecule has 0 saturated carbocycles. The van der Waals surface area contributed by atoms with Crippen molar-refractivity contribution in [3.05, 3.63) is 28.8 Å². The van der Waals surface area contributed by atoms with Crippen LogP contribution < -0.4 is 10.5 Å². The van der Waals surface area contributed by atoms with Crippen LogP contribution in [0.4, 0.5) is 0 Å². The van der Waals surface area contributed by atoms with Crippen molar-refractivity contribution in [3.8, 4) is 5.75 Å². The fourth-order valence-corrected chi connectivity index (χ4v) is 2.10. The number of primary amides is 1. The molecule has 1 rings (SSSR count). The highest BCUT2D eigenvalue weighted by Gasteiger charge is 2.15. The highest BCUT2D eigenvalue weighted by Crippen LogP contribution is 2.25. The van der Waals surface area contributed by atoms with Gasteiger partial charge in [0.25, 0.3) is 0 Å². The second-order valence-corrected chi connectivity index (χ2v) is 4.62. The lowest BCUT2D eigenvalue weighted by molar-refractivity contribution is -0.143. The molecule has 0 aromatic heterocycles. The van der Waals surface area contributed by atoms with Crippen LogP contribution in [0, 0.1) is 13.8 Å². The van der Waals surface area contributed by atoms with E-state index in [4.69, 9.17) is 10.5 Å². The molecule has 0 heterocycles. The van der Waals surface area contributed by atoms with Gasteiger partial charge in [-0.2, -0.15) is 0 Å². The van der Waals surface area contributed by atoms with Gasteiger partial charge in [0, 0.05) is 13.6 Å². The predicted molar refractivity (Wildman–Crippen MR) is 73.0 cm³/mol. The van der Waals surface area contributed by atoms with Crippen molar-refractivity contribution in [1.29, 1.82) is 0 Å². The SMILES string of the molecule is COc1c(C)cc(C)cc1CCN(C)C(=O)C(N)=O. The summed E-state index contributed by atoms with van der Waals surface area (Å²) in [6.07, 6.45) is 0.612. The van der Waals surface area contributed by atoms with Gasteiger partial charge in [-0.3, -0.25) is 9.59 Å². The van der Waals surface area contributed by atoms with Crippen molar-refractivity contribution in [2.45, 2.75) is 20.3 Å². The van der Waals surface area contributed by atoms with Crippen LogP contribution in [-0.2, 0) is 16.0 Å². The molecule has 2 amide bonds. The first-order valence-corrected chi connectivity index (χ1v) is 6.05. The van der Waals surface area contributed by atoms with E-state index in [1.54, 1.807) is 14.2 Å². The van der Waals surface area contributed by atoms with Crippen molar-refractivity contribution >= 4 is 11.8 Å². The molecular weight excluding hydrogens is 244 g/mol. The topological polar surface area (TPSA) is 72.6 Å². The van der Waals surface area contributed by atoms with Crippen LogP contribution in [0.25, 0.3) is 0 Å². The Balaban J connectivity index is 2.83. The summed E-state index contributed by atoms with van der Waals surface area (Å²) in [5.74, 6) is -0.788. The van der Waals surface area contributed by atoms with E-state index in [0.29, 0.717) is 13.0 Å². The first-order valence-electron chi connectivity index (χ1n) is 6.05. The number of hydrogen-bond acceptors (Lipinski definition) is 3. The second-order valence-electron chi connectivity index (χ2n) is 4.62. The lowest BCUT2D eigenvalue weighted by Crippen LogP contribution is -2.38. The highest BCUT2D eigenvalue weighted by molar-refractivity contribution is 6.34. The Labute approximate surface area is 113 Å². The molecule has 0 radical (unpaired) electrons. The van der Waals surface area contributed by atoms with Crippen molar-refractivity contribution in [1.82, 2.24) is 4.90 Å². The average Bonchev–Trinajstić information content (AvgIpc) is 2.34. The van der Waals surface area contributed by atoms with E-state index in [2.05, 4.69) is 0 Å². The molecule has 2 N–H and O–H groups in total. The Kier molecular flexibility index (Phi) is 4.92. The molecule has 1 aromatic carbocycles. The number of hydrogen-bond donors (Lipinski definition) is 1. The zero-order valence-corrected chi connectivity index (χ0v) is 11.8. The third-order valence-corrected chi connectivity index (χ3v) is 2.97. The van der Waals surface area contributed by atoms with E-state index >= 15 is 0 Å². The zero-order chi connectivity index (χ0) is 14.6. The summed E-state index contributed by atoms with van der Waals surface area (Å²) in [6, 6.07) is 4.06. The molecule has 0 bridgehead atoms. The Morgan fingerprint density at radius 2 is 1.95 bits per heavy atom. The third kappa shape index (κ3) is 3.71. The molecule has 19 heavy (non-hydrogen) atoms. The number of nitrogens with two attached hydrogens (primary N) is 1. The predicted octanol–water partition coefficient (Wildman–Crippen LogP) is 0.798. The van der Waals surface area contributed by atoms with Crippen molar-refractivity contribution < 1.29 is 14.3 Å². The van der Waals surface area contributed by atoms with Crippen molar-refractivity contribution in [2.75, 3.05) is 20.7 Å². The zero-order valence-electron chi connectivity index (χ0n) is 11.8. The minimum Gasteiger partial charge on any atom is -0.496 e. The summed E-state index contributed by atoms with van der Waals surface area (Å²) < 4.78 is 5.38. The fraction of sp³-hybridized carbons (Fsp3) is 0.429. The van der Waals surface area contributed by atoms with E-state index < -0.39 is 11.8 Å². The maximum atomic E-state index is 11.4. The van der Waals surface area contributed by atoms with Gasteiger partial charge >= 0.3 is 11.8 Å². The lowest BCUT2D eigenvalue weighted by Gasteiger charge is -2.17. The Hall–Kier alpha value is -2.04. The van der Waals surface area contributed by atoms with Crippen LogP contribution >= 0.6 is 0 Å². The number of carbonyl (C=O) groups is 2. The number of carbonyl (C=O) groups excluding carboxylic acids is 2. The molecule has 0 fully saturated rings. The highest BCUT2D eigenvalue weighted by atomic mass is 16.5. The molecule has 0 atom stereocenters. The van der Waals surface area contributed by atoms with Gasteiger partial charge in [0.05, 0.1) is 7.11 Å². The molecule has 0 aliphatic carbocycles. The van der Waals surface area contributed by atoms with Crippen LogP contribution in [0.5, 0.6) is 5.75 Å². The summed E-state index contributed by atoms with van der Waals surface area (Å²) in [5.41, 5.74) is 8.17. The molecule has 104 valence electrons. The van der Waals surface area contributed by atoms with E-state index in [9.17, 15) is 9.59 Å². The molecule has 0 aliphatic rings. The molecule has 0 unspecified atom stereocenters. The molecule has 1 aromatic rings. The maximum Gasteiger partial charge on any atom is 0.311 e. The number of aryl methyl sites for hydroxylation is 2. The van der Waals surface area contributed by atoms with E-state index in [1.807, 2.05) is 26.0 Å². The molecular formula is C14H20N2O3. The normalized spacial score (nSPS) is 10.1. The first-order chi connectivity index (χ1) is 8.86. The van der Waals surface area contributed by atoms with Gasteiger partial charge in [0.15, 0.2) is 0 Å². The molecule has 0 saturated heterocycles. The fourth-order valence-electron chi connectivity index (χ4n) is 2.10. The second kappa shape index (κ2) is 6.22. The largest absolute Gasteiger partial charge is 0.496 e. The number of ether oxygens (including phenoxy) is 1. The number of nitrogens with zero attached hydrogens (tertiary/aromatic N) is 1. The van der Waals surface area contributed by atoms with E-state index in [0.717, 1.165) is 22.4 Å². The summed E-state index contributed by atoms with van der Waals surface area (Å²) in [5, 5.41) is 0. The quantitative estimate of drug-likeness (QED) is 0.817. The van der Waals surface area contributed by atoms with Gasteiger partial charge in [-0.25, -0.2) is 0 Å².